The number of nitrogens with one attached hydrogen (secondary N) is 1. The third-order valence-corrected chi connectivity index (χ3v) is 2.08. The lowest BCUT2D eigenvalue weighted by Gasteiger charge is -2.05. The van der Waals surface area contributed by atoms with Gasteiger partial charge >= 0.3 is 6.09 Å². The number of carbonyl (C=O) groups is 2. The molecular formula is C13H15NO3. The predicted octanol–water partition coefficient (Wildman–Crippen LogP) is 2.06. The zero-order valence-corrected chi connectivity index (χ0v) is 9.52. The van der Waals surface area contributed by atoms with Crippen LogP contribution < -0.4 is 5.32 Å². The van der Waals surface area contributed by atoms with E-state index in [0.717, 1.165) is 5.56 Å². The highest BCUT2D eigenvalue weighted by atomic mass is 16.5. The highest BCUT2D eigenvalue weighted by Gasteiger charge is 2.02. The number of amides is 1. The van der Waals surface area contributed by atoms with Crippen molar-refractivity contribution in [3.8, 4) is 0 Å². The number of ketones is 1. The lowest BCUT2D eigenvalue weighted by molar-refractivity contribution is -0.114. The predicted molar refractivity (Wildman–Crippen MR) is 64.5 cm³/mol. The maximum Gasteiger partial charge on any atom is 0.407 e. The first-order chi connectivity index (χ1) is 8.22. The van der Waals surface area contributed by atoms with Crippen LogP contribution in [0, 0.1) is 0 Å². The van der Waals surface area contributed by atoms with Crippen molar-refractivity contribution in [3.63, 3.8) is 0 Å². The molecule has 0 bridgehead atoms. The second kappa shape index (κ2) is 7.22. The molecule has 0 spiro atoms. The molecule has 17 heavy (non-hydrogen) atoms. The van der Waals surface area contributed by atoms with E-state index in [-0.39, 0.29) is 25.4 Å². The molecule has 0 aliphatic rings. The molecule has 0 fully saturated rings. The van der Waals surface area contributed by atoms with Crippen LogP contribution in [0.15, 0.2) is 43.0 Å². The number of alkyl carbamates (subject to hydrolysis) is 1. The van der Waals surface area contributed by atoms with E-state index in [1.54, 1.807) is 0 Å². The van der Waals surface area contributed by atoms with Gasteiger partial charge in [0.05, 0.1) is 0 Å². The lowest BCUT2D eigenvalue weighted by Crippen LogP contribution is -2.26. The minimum Gasteiger partial charge on any atom is -0.445 e. The first kappa shape index (κ1) is 13.0. The Morgan fingerprint density at radius 1 is 1.29 bits per heavy atom. The summed E-state index contributed by atoms with van der Waals surface area (Å²) < 4.78 is 4.96. The molecule has 1 aromatic rings. The maximum atomic E-state index is 11.2. The molecular weight excluding hydrogens is 218 g/mol. The van der Waals surface area contributed by atoms with E-state index in [9.17, 15) is 9.59 Å². The molecule has 1 rings (SSSR count). The van der Waals surface area contributed by atoms with E-state index >= 15 is 0 Å². The summed E-state index contributed by atoms with van der Waals surface area (Å²) >= 11 is 0. The number of hydrogen-bond donors (Lipinski definition) is 1. The second-order valence-corrected chi connectivity index (χ2v) is 3.41. The van der Waals surface area contributed by atoms with Crippen molar-refractivity contribution in [2.45, 2.75) is 13.0 Å². The van der Waals surface area contributed by atoms with Gasteiger partial charge < -0.3 is 10.1 Å². The van der Waals surface area contributed by atoms with Crippen molar-refractivity contribution in [2.75, 3.05) is 6.54 Å². The standard InChI is InChI=1S/C13H15NO3/c1-2-12(15)8-9-14-13(16)17-10-11-6-4-3-5-7-11/h2-7H,1,8-10H2,(H,14,16). The summed E-state index contributed by atoms with van der Waals surface area (Å²) in [7, 11) is 0. The largest absolute Gasteiger partial charge is 0.445 e. The Morgan fingerprint density at radius 2 is 2.00 bits per heavy atom. The Hall–Kier alpha value is -2.10. The topological polar surface area (TPSA) is 55.4 Å². The van der Waals surface area contributed by atoms with Gasteiger partial charge in [-0.1, -0.05) is 36.9 Å². The van der Waals surface area contributed by atoms with Crippen LogP contribution in [0.5, 0.6) is 0 Å². The molecule has 0 heterocycles. The Kier molecular flexibility index (Phi) is 5.51. The second-order valence-electron chi connectivity index (χ2n) is 3.41. The number of carbonyl (C=O) groups excluding carboxylic acids is 2. The summed E-state index contributed by atoms with van der Waals surface area (Å²) in [5.41, 5.74) is 0.921. The molecule has 1 amide bonds. The molecule has 0 saturated carbocycles. The summed E-state index contributed by atoms with van der Waals surface area (Å²) in [6.45, 7) is 3.83. The summed E-state index contributed by atoms with van der Waals surface area (Å²) in [5, 5.41) is 2.49. The fraction of sp³-hybridized carbons (Fsp3) is 0.231. The zero-order valence-electron chi connectivity index (χ0n) is 9.52. The van der Waals surface area contributed by atoms with Gasteiger partial charge in [0.1, 0.15) is 6.61 Å². The van der Waals surface area contributed by atoms with Gasteiger partial charge in [0.2, 0.25) is 0 Å². The van der Waals surface area contributed by atoms with Gasteiger partial charge in [0.25, 0.3) is 0 Å². The molecule has 1 N–H and O–H groups in total. The Bertz CT molecular complexity index is 387. The highest BCUT2D eigenvalue weighted by Crippen LogP contribution is 2.00. The number of rotatable bonds is 6. The van der Waals surface area contributed by atoms with Gasteiger partial charge in [-0.3, -0.25) is 4.79 Å². The summed E-state index contributed by atoms with van der Waals surface area (Å²) in [6.07, 6.45) is 0.951. The quantitative estimate of drug-likeness (QED) is 0.765. The SMILES string of the molecule is C=CC(=O)CCNC(=O)OCc1ccccc1. The fourth-order valence-electron chi connectivity index (χ4n) is 1.16. The van der Waals surface area contributed by atoms with Crippen molar-refractivity contribution in [1.82, 2.24) is 5.32 Å². The van der Waals surface area contributed by atoms with E-state index in [1.807, 2.05) is 30.3 Å². The summed E-state index contributed by atoms with van der Waals surface area (Å²) in [5.74, 6) is -0.103. The summed E-state index contributed by atoms with van der Waals surface area (Å²) in [6, 6.07) is 9.38. The molecule has 0 aromatic heterocycles. The molecule has 0 saturated heterocycles. The van der Waals surface area contributed by atoms with Crippen LogP contribution in [0.3, 0.4) is 0 Å². The molecule has 0 unspecified atom stereocenters. The van der Waals surface area contributed by atoms with E-state index in [1.165, 1.54) is 6.08 Å². The number of ether oxygens (including phenoxy) is 1. The minimum atomic E-state index is -0.522. The first-order valence-corrected chi connectivity index (χ1v) is 5.32. The number of allylic oxidation sites excluding steroid dienone is 1. The van der Waals surface area contributed by atoms with Gasteiger partial charge in [-0.05, 0) is 11.6 Å². The molecule has 1 aromatic carbocycles. The van der Waals surface area contributed by atoms with Gasteiger partial charge in [0.15, 0.2) is 5.78 Å². The third-order valence-electron chi connectivity index (χ3n) is 2.08. The van der Waals surface area contributed by atoms with E-state index in [2.05, 4.69) is 11.9 Å². The minimum absolute atomic E-state index is 0.103. The molecule has 90 valence electrons. The normalized spacial score (nSPS) is 9.41. The van der Waals surface area contributed by atoms with Gasteiger partial charge in [-0.25, -0.2) is 4.79 Å². The highest BCUT2D eigenvalue weighted by molar-refractivity contribution is 5.89. The molecule has 0 atom stereocenters. The molecule has 0 radical (unpaired) electrons. The van der Waals surface area contributed by atoms with Gasteiger partial charge in [0, 0.05) is 13.0 Å². The summed E-state index contributed by atoms with van der Waals surface area (Å²) in [4.78, 5) is 22.1. The average molecular weight is 233 g/mol. The van der Waals surface area contributed by atoms with Crippen molar-refractivity contribution >= 4 is 11.9 Å². The van der Waals surface area contributed by atoms with Crippen LogP contribution in [0.2, 0.25) is 0 Å². The first-order valence-electron chi connectivity index (χ1n) is 5.32. The van der Waals surface area contributed by atoms with E-state index in [0.29, 0.717) is 0 Å². The van der Waals surface area contributed by atoms with Crippen molar-refractivity contribution in [3.05, 3.63) is 48.6 Å². The van der Waals surface area contributed by atoms with E-state index in [4.69, 9.17) is 4.74 Å². The molecule has 0 aliphatic heterocycles. The van der Waals surface area contributed by atoms with Crippen LogP contribution in [-0.4, -0.2) is 18.4 Å². The van der Waals surface area contributed by atoms with Crippen LogP contribution in [0.25, 0.3) is 0 Å². The van der Waals surface area contributed by atoms with Crippen LogP contribution in [0.4, 0.5) is 4.79 Å². The smallest absolute Gasteiger partial charge is 0.407 e. The van der Waals surface area contributed by atoms with Crippen molar-refractivity contribution in [2.24, 2.45) is 0 Å². The maximum absolute atomic E-state index is 11.2. The van der Waals surface area contributed by atoms with Crippen LogP contribution in [0.1, 0.15) is 12.0 Å². The van der Waals surface area contributed by atoms with Gasteiger partial charge in [-0.2, -0.15) is 0 Å². The van der Waals surface area contributed by atoms with E-state index < -0.39 is 6.09 Å². The fourth-order valence-corrected chi connectivity index (χ4v) is 1.16. The Labute approximate surface area is 100 Å². The molecule has 4 nitrogen and oxygen atoms in total. The Morgan fingerprint density at radius 3 is 2.65 bits per heavy atom. The van der Waals surface area contributed by atoms with Gasteiger partial charge in [-0.15, -0.1) is 0 Å². The monoisotopic (exact) mass is 233 g/mol. The number of benzene rings is 1. The van der Waals surface area contributed by atoms with Crippen LogP contribution >= 0.6 is 0 Å². The molecule has 4 heteroatoms. The number of hydrogen-bond acceptors (Lipinski definition) is 3. The Balaban J connectivity index is 2.18. The zero-order chi connectivity index (χ0) is 12.5. The average Bonchev–Trinajstić information content (AvgIpc) is 2.37. The lowest BCUT2D eigenvalue weighted by atomic mass is 10.2. The molecule has 0 aliphatic carbocycles. The van der Waals surface area contributed by atoms with Crippen LogP contribution in [-0.2, 0) is 16.1 Å². The third kappa shape index (κ3) is 5.51. The van der Waals surface area contributed by atoms with Crippen molar-refractivity contribution < 1.29 is 14.3 Å². The van der Waals surface area contributed by atoms with Crippen molar-refractivity contribution in [1.29, 1.82) is 0 Å².